The molecule has 0 atom stereocenters. The maximum absolute atomic E-state index is 12.5. The van der Waals surface area contributed by atoms with Crippen LogP contribution in [0.2, 0.25) is 0 Å². The van der Waals surface area contributed by atoms with Gasteiger partial charge in [-0.1, -0.05) is 0 Å². The van der Waals surface area contributed by atoms with Crippen molar-refractivity contribution < 1.29 is 22.4 Å². The molecule has 0 radical (unpaired) electrons. The normalized spacial score (nSPS) is 11.9. The summed E-state index contributed by atoms with van der Waals surface area (Å²) in [7, 11) is 0. The first-order chi connectivity index (χ1) is 7.37. The van der Waals surface area contributed by atoms with E-state index < -0.39 is 18.3 Å². The molecule has 0 saturated carbocycles. The van der Waals surface area contributed by atoms with Crippen LogP contribution >= 0.6 is 0 Å². The van der Waals surface area contributed by atoms with E-state index in [9.17, 15) is 22.4 Å². The van der Waals surface area contributed by atoms with E-state index in [-0.39, 0.29) is 5.69 Å². The second-order valence-electron chi connectivity index (χ2n) is 2.96. The van der Waals surface area contributed by atoms with Crippen molar-refractivity contribution in [1.82, 2.24) is 9.78 Å². The van der Waals surface area contributed by atoms with Gasteiger partial charge in [-0.05, 0) is 6.92 Å². The van der Waals surface area contributed by atoms with Gasteiger partial charge in [-0.3, -0.25) is 9.48 Å². The number of halogens is 4. The summed E-state index contributed by atoms with van der Waals surface area (Å²) >= 11 is 0. The van der Waals surface area contributed by atoms with Crippen molar-refractivity contribution >= 4 is 11.6 Å². The monoisotopic (exact) mass is 239 g/mol. The average molecular weight is 239 g/mol. The highest BCUT2D eigenvalue weighted by Gasteiger charge is 2.49. The molecule has 90 valence electrons. The number of aryl methyl sites for hydroxylation is 1. The van der Waals surface area contributed by atoms with Crippen LogP contribution in [0.5, 0.6) is 0 Å². The fourth-order valence-electron chi connectivity index (χ4n) is 0.915. The summed E-state index contributed by atoms with van der Waals surface area (Å²) in [6, 6.07) is 0. The van der Waals surface area contributed by atoms with Gasteiger partial charge in [-0.2, -0.15) is 13.9 Å². The van der Waals surface area contributed by atoms with Crippen molar-refractivity contribution in [1.29, 1.82) is 0 Å². The zero-order valence-electron chi connectivity index (χ0n) is 8.25. The lowest BCUT2D eigenvalue weighted by atomic mass is 10.3. The molecule has 8 heteroatoms. The van der Waals surface area contributed by atoms with Crippen molar-refractivity contribution in [3.8, 4) is 0 Å². The quantitative estimate of drug-likeness (QED) is 0.813. The third-order valence-electron chi connectivity index (χ3n) is 1.79. The van der Waals surface area contributed by atoms with Crippen LogP contribution in [0.25, 0.3) is 0 Å². The van der Waals surface area contributed by atoms with Gasteiger partial charge in [0, 0.05) is 12.7 Å². The second kappa shape index (κ2) is 4.50. The van der Waals surface area contributed by atoms with E-state index in [1.54, 1.807) is 12.2 Å². The van der Waals surface area contributed by atoms with Crippen LogP contribution in [0.1, 0.15) is 6.92 Å². The van der Waals surface area contributed by atoms with Crippen LogP contribution in [-0.4, -0.2) is 28.0 Å². The number of hydrogen-bond donors (Lipinski definition) is 1. The molecule has 0 fully saturated rings. The molecule has 4 nitrogen and oxygen atoms in total. The molecular formula is C8H9F4N3O. The smallest absolute Gasteiger partial charge is 0.318 e. The number of aromatic nitrogens is 2. The first-order valence-corrected chi connectivity index (χ1v) is 4.37. The van der Waals surface area contributed by atoms with Crippen LogP contribution < -0.4 is 5.32 Å². The molecule has 0 spiro atoms. The van der Waals surface area contributed by atoms with Crippen molar-refractivity contribution in [2.24, 2.45) is 0 Å². The number of carbonyl (C=O) groups excluding carboxylic acids is 1. The van der Waals surface area contributed by atoms with Gasteiger partial charge in [-0.25, -0.2) is 8.78 Å². The Labute approximate surface area is 88.2 Å². The Balaban J connectivity index is 2.71. The Kier molecular flexibility index (Phi) is 3.51. The van der Waals surface area contributed by atoms with E-state index in [2.05, 4.69) is 5.10 Å². The minimum absolute atomic E-state index is 0.0489. The van der Waals surface area contributed by atoms with Gasteiger partial charge in [0.15, 0.2) is 0 Å². The van der Waals surface area contributed by atoms with Crippen molar-refractivity contribution in [2.45, 2.75) is 25.8 Å². The number of amides is 1. The molecule has 16 heavy (non-hydrogen) atoms. The lowest BCUT2D eigenvalue weighted by Gasteiger charge is -2.13. The van der Waals surface area contributed by atoms with Crippen LogP contribution in [0, 0.1) is 0 Å². The molecule has 0 saturated heterocycles. The third kappa shape index (κ3) is 2.50. The Bertz CT molecular complexity index is 377. The van der Waals surface area contributed by atoms with E-state index in [0.29, 0.717) is 6.54 Å². The fraction of sp³-hybridized carbons (Fsp3) is 0.500. The molecule has 0 aliphatic rings. The number of carbonyl (C=O) groups is 1. The van der Waals surface area contributed by atoms with Gasteiger partial charge in [0.05, 0.1) is 11.9 Å². The molecule has 1 N–H and O–H groups in total. The van der Waals surface area contributed by atoms with Crippen LogP contribution in [0.3, 0.4) is 0 Å². The molecule has 0 aliphatic carbocycles. The Morgan fingerprint density at radius 1 is 1.62 bits per heavy atom. The van der Waals surface area contributed by atoms with Crippen molar-refractivity contribution in [3.63, 3.8) is 0 Å². The largest absolute Gasteiger partial charge is 0.383 e. The van der Waals surface area contributed by atoms with E-state index in [1.165, 1.54) is 10.9 Å². The van der Waals surface area contributed by atoms with Crippen molar-refractivity contribution in [2.75, 3.05) is 5.32 Å². The van der Waals surface area contributed by atoms with Crippen LogP contribution in [0.15, 0.2) is 12.4 Å². The highest BCUT2D eigenvalue weighted by molar-refractivity contribution is 5.96. The summed E-state index contributed by atoms with van der Waals surface area (Å²) in [6.07, 6.45) is -1.67. The number of nitrogens with one attached hydrogen (secondary N) is 1. The van der Waals surface area contributed by atoms with Crippen LogP contribution in [0.4, 0.5) is 23.2 Å². The zero-order chi connectivity index (χ0) is 12.3. The third-order valence-corrected chi connectivity index (χ3v) is 1.79. The number of rotatable bonds is 4. The fourth-order valence-corrected chi connectivity index (χ4v) is 0.915. The second-order valence-corrected chi connectivity index (χ2v) is 2.96. The van der Waals surface area contributed by atoms with E-state index in [0.717, 1.165) is 6.20 Å². The Morgan fingerprint density at radius 3 is 2.69 bits per heavy atom. The number of nitrogens with zero attached hydrogens (tertiary/aromatic N) is 2. The SMILES string of the molecule is CCn1cc(NC(=O)C(F)(F)C(F)F)cn1. The van der Waals surface area contributed by atoms with Gasteiger partial charge in [0.25, 0.3) is 0 Å². The molecule has 1 amide bonds. The molecule has 1 aromatic heterocycles. The summed E-state index contributed by atoms with van der Waals surface area (Å²) in [4.78, 5) is 10.8. The van der Waals surface area contributed by atoms with E-state index >= 15 is 0 Å². The highest BCUT2D eigenvalue weighted by atomic mass is 19.3. The van der Waals surface area contributed by atoms with Gasteiger partial charge < -0.3 is 5.32 Å². The first-order valence-electron chi connectivity index (χ1n) is 4.37. The van der Waals surface area contributed by atoms with Crippen molar-refractivity contribution in [3.05, 3.63) is 12.4 Å². The minimum Gasteiger partial charge on any atom is -0.318 e. The van der Waals surface area contributed by atoms with Gasteiger partial charge in [0.2, 0.25) is 0 Å². The summed E-state index contributed by atoms with van der Waals surface area (Å²) in [5.41, 5.74) is -0.0489. The molecule has 0 bridgehead atoms. The highest BCUT2D eigenvalue weighted by Crippen LogP contribution is 2.24. The zero-order valence-corrected chi connectivity index (χ0v) is 8.25. The lowest BCUT2D eigenvalue weighted by molar-refractivity contribution is -0.163. The maximum Gasteiger partial charge on any atom is 0.383 e. The molecule has 0 aromatic carbocycles. The lowest BCUT2D eigenvalue weighted by Crippen LogP contribution is -2.40. The van der Waals surface area contributed by atoms with Gasteiger partial charge >= 0.3 is 18.3 Å². The summed E-state index contributed by atoms with van der Waals surface area (Å²) < 4.78 is 50.0. The van der Waals surface area contributed by atoms with E-state index in [1.807, 2.05) is 0 Å². The van der Waals surface area contributed by atoms with E-state index in [4.69, 9.17) is 0 Å². The predicted octanol–water partition coefficient (Wildman–Crippen LogP) is 1.74. The number of hydrogen-bond acceptors (Lipinski definition) is 2. The summed E-state index contributed by atoms with van der Waals surface area (Å²) in [6.45, 7) is 2.22. The first kappa shape index (κ1) is 12.5. The molecule has 1 aromatic rings. The Morgan fingerprint density at radius 2 is 2.25 bits per heavy atom. The van der Waals surface area contributed by atoms with Gasteiger partial charge in [0.1, 0.15) is 0 Å². The molecule has 0 unspecified atom stereocenters. The van der Waals surface area contributed by atoms with Crippen LogP contribution in [-0.2, 0) is 11.3 Å². The standard InChI is InChI=1S/C8H9F4N3O/c1-2-15-4-5(3-13-15)14-7(16)8(11,12)6(9)10/h3-4,6H,2H2,1H3,(H,14,16). The summed E-state index contributed by atoms with van der Waals surface area (Å²) in [5.74, 6) is -6.74. The molecule has 1 rings (SSSR count). The predicted molar refractivity (Wildman–Crippen MR) is 47.5 cm³/mol. The molecule has 0 aliphatic heterocycles. The number of alkyl halides is 4. The minimum atomic E-state index is -4.70. The summed E-state index contributed by atoms with van der Waals surface area (Å²) in [5, 5.41) is 5.35. The topological polar surface area (TPSA) is 46.9 Å². The average Bonchev–Trinajstić information content (AvgIpc) is 2.65. The molecule has 1 heterocycles. The Hall–Kier alpha value is -1.60. The maximum atomic E-state index is 12.5. The van der Waals surface area contributed by atoms with Gasteiger partial charge in [-0.15, -0.1) is 0 Å². The molecular weight excluding hydrogens is 230 g/mol. The number of anilines is 1.